The Kier molecular flexibility index (Phi) is 10.3. The third kappa shape index (κ3) is 8.30. The van der Waals surface area contributed by atoms with Gasteiger partial charge in [-0.1, -0.05) is 12.5 Å². The fraction of sp³-hybridized carbons (Fsp3) is 0.682. The molecule has 162 valence electrons. The summed E-state index contributed by atoms with van der Waals surface area (Å²) in [6, 6.07) is 3.95. The van der Waals surface area contributed by atoms with Crippen molar-refractivity contribution in [3.63, 3.8) is 0 Å². The molecule has 1 aromatic rings. The quantitative estimate of drug-likeness (QED) is 0.464. The van der Waals surface area contributed by atoms with Crippen LogP contribution < -0.4 is 15.4 Å². The normalized spacial score (nSPS) is 15.1. The van der Waals surface area contributed by atoms with Gasteiger partial charge in [0, 0.05) is 44.9 Å². The lowest BCUT2D eigenvalue weighted by molar-refractivity contribution is -0.130. The van der Waals surface area contributed by atoms with Crippen molar-refractivity contribution in [3.05, 3.63) is 23.9 Å². The van der Waals surface area contributed by atoms with E-state index in [4.69, 9.17) is 4.74 Å². The lowest BCUT2D eigenvalue weighted by Crippen LogP contribution is -2.40. The standard InChI is InChI=1S/C22H37N5O2/c1-4-23-22(24-15-14-21(28)27(5-2)6-3)26-17-18-12-13-20(25-16-18)29-19-10-8-7-9-11-19/h12-13,16,19H,4-11,14-15,17H2,1-3H3,(H2,23,24,26). The molecule has 7 nitrogen and oxygen atoms in total. The number of pyridine rings is 1. The molecular formula is C22H37N5O2. The number of rotatable bonds is 10. The summed E-state index contributed by atoms with van der Waals surface area (Å²) in [6.45, 7) is 9.37. The highest BCUT2D eigenvalue weighted by atomic mass is 16.5. The van der Waals surface area contributed by atoms with E-state index >= 15 is 0 Å². The van der Waals surface area contributed by atoms with Gasteiger partial charge in [-0.05, 0) is 52.0 Å². The molecule has 1 aromatic heterocycles. The Morgan fingerprint density at radius 3 is 2.55 bits per heavy atom. The Balaban J connectivity index is 1.81. The van der Waals surface area contributed by atoms with Gasteiger partial charge >= 0.3 is 0 Å². The van der Waals surface area contributed by atoms with Crippen LogP contribution in [0, 0.1) is 0 Å². The van der Waals surface area contributed by atoms with Crippen LogP contribution in [0.4, 0.5) is 0 Å². The van der Waals surface area contributed by atoms with Crippen molar-refractivity contribution in [2.24, 2.45) is 4.99 Å². The minimum absolute atomic E-state index is 0.163. The predicted molar refractivity (Wildman–Crippen MR) is 117 cm³/mol. The van der Waals surface area contributed by atoms with Gasteiger partial charge in [0.05, 0.1) is 6.54 Å². The van der Waals surface area contributed by atoms with Gasteiger partial charge in [0.2, 0.25) is 11.8 Å². The number of aromatic nitrogens is 1. The highest BCUT2D eigenvalue weighted by Crippen LogP contribution is 2.22. The summed E-state index contributed by atoms with van der Waals surface area (Å²) in [7, 11) is 0. The molecule has 0 unspecified atom stereocenters. The Labute approximate surface area is 175 Å². The van der Waals surface area contributed by atoms with E-state index in [9.17, 15) is 4.79 Å². The molecule has 2 N–H and O–H groups in total. The first-order chi connectivity index (χ1) is 14.2. The maximum atomic E-state index is 12.1. The summed E-state index contributed by atoms with van der Waals surface area (Å²) >= 11 is 0. The van der Waals surface area contributed by atoms with E-state index in [1.165, 1.54) is 19.3 Å². The summed E-state index contributed by atoms with van der Waals surface area (Å²) in [6.07, 6.45) is 8.66. The van der Waals surface area contributed by atoms with Crippen LogP contribution in [0.2, 0.25) is 0 Å². The first-order valence-corrected chi connectivity index (χ1v) is 11.1. The number of hydrogen-bond acceptors (Lipinski definition) is 4. The highest BCUT2D eigenvalue weighted by Gasteiger charge is 2.15. The largest absolute Gasteiger partial charge is 0.474 e. The Morgan fingerprint density at radius 1 is 1.17 bits per heavy atom. The van der Waals surface area contributed by atoms with E-state index in [1.807, 2.05) is 44.0 Å². The number of nitrogens with zero attached hydrogens (tertiary/aromatic N) is 3. The highest BCUT2D eigenvalue weighted by molar-refractivity contribution is 5.81. The Hall–Kier alpha value is -2.31. The lowest BCUT2D eigenvalue weighted by Gasteiger charge is -2.22. The van der Waals surface area contributed by atoms with Crippen LogP contribution in [0.5, 0.6) is 5.88 Å². The second-order valence-corrected chi connectivity index (χ2v) is 7.32. The van der Waals surface area contributed by atoms with Crippen LogP contribution in [0.15, 0.2) is 23.3 Å². The van der Waals surface area contributed by atoms with E-state index in [0.29, 0.717) is 37.5 Å². The number of hydrogen-bond donors (Lipinski definition) is 2. The van der Waals surface area contributed by atoms with Gasteiger partial charge in [0.1, 0.15) is 6.10 Å². The van der Waals surface area contributed by atoms with Crippen molar-refractivity contribution in [1.29, 1.82) is 0 Å². The zero-order valence-corrected chi connectivity index (χ0v) is 18.2. The average Bonchev–Trinajstić information content (AvgIpc) is 2.74. The van der Waals surface area contributed by atoms with Crippen LogP contribution in [0.3, 0.4) is 0 Å². The molecule has 1 aliphatic carbocycles. The Bertz CT molecular complexity index is 623. The number of aliphatic imine (C=N–C) groups is 1. The number of guanidine groups is 1. The van der Waals surface area contributed by atoms with E-state index in [0.717, 1.165) is 38.0 Å². The van der Waals surface area contributed by atoms with Crippen LogP contribution in [0.1, 0.15) is 64.9 Å². The van der Waals surface area contributed by atoms with Crippen molar-refractivity contribution < 1.29 is 9.53 Å². The number of carbonyl (C=O) groups is 1. The molecule has 1 aliphatic rings. The average molecular weight is 404 g/mol. The molecule has 0 bridgehead atoms. The number of carbonyl (C=O) groups excluding carboxylic acids is 1. The molecule has 0 aliphatic heterocycles. The minimum Gasteiger partial charge on any atom is -0.474 e. The minimum atomic E-state index is 0.163. The van der Waals surface area contributed by atoms with Gasteiger partial charge in [-0.25, -0.2) is 9.98 Å². The predicted octanol–water partition coefficient (Wildman–Crippen LogP) is 3.11. The summed E-state index contributed by atoms with van der Waals surface area (Å²) < 4.78 is 5.98. The monoisotopic (exact) mass is 403 g/mol. The molecule has 29 heavy (non-hydrogen) atoms. The SMILES string of the molecule is CCNC(=NCc1ccc(OC2CCCCC2)nc1)NCCC(=O)N(CC)CC. The topological polar surface area (TPSA) is 78.9 Å². The molecule has 1 heterocycles. The molecule has 0 atom stereocenters. The molecule has 0 aromatic carbocycles. The van der Waals surface area contributed by atoms with Crippen molar-refractivity contribution in [1.82, 2.24) is 20.5 Å². The van der Waals surface area contributed by atoms with Gasteiger partial charge in [-0.2, -0.15) is 0 Å². The second kappa shape index (κ2) is 13.0. The van der Waals surface area contributed by atoms with Crippen molar-refractivity contribution in [2.75, 3.05) is 26.2 Å². The zero-order chi connectivity index (χ0) is 20.9. The maximum Gasteiger partial charge on any atom is 0.224 e. The molecule has 0 spiro atoms. The van der Waals surface area contributed by atoms with Crippen LogP contribution >= 0.6 is 0 Å². The van der Waals surface area contributed by atoms with Crippen LogP contribution in [0.25, 0.3) is 0 Å². The van der Waals surface area contributed by atoms with Gasteiger partial charge < -0.3 is 20.3 Å². The second-order valence-electron chi connectivity index (χ2n) is 7.32. The molecule has 0 saturated heterocycles. The van der Waals surface area contributed by atoms with E-state index < -0.39 is 0 Å². The summed E-state index contributed by atoms with van der Waals surface area (Å²) in [5, 5.41) is 6.45. The molecule has 1 saturated carbocycles. The fourth-order valence-electron chi connectivity index (χ4n) is 3.46. The third-order valence-electron chi connectivity index (χ3n) is 5.15. The van der Waals surface area contributed by atoms with Gasteiger partial charge in [-0.3, -0.25) is 4.79 Å². The van der Waals surface area contributed by atoms with Crippen molar-refractivity contribution in [2.45, 2.75) is 71.9 Å². The van der Waals surface area contributed by atoms with Gasteiger partial charge in [-0.15, -0.1) is 0 Å². The molecule has 1 fully saturated rings. The lowest BCUT2D eigenvalue weighted by atomic mass is 9.98. The van der Waals surface area contributed by atoms with Crippen LogP contribution in [-0.2, 0) is 11.3 Å². The van der Waals surface area contributed by atoms with E-state index in [-0.39, 0.29) is 5.91 Å². The number of amides is 1. The van der Waals surface area contributed by atoms with E-state index in [1.54, 1.807) is 0 Å². The summed E-state index contributed by atoms with van der Waals surface area (Å²) in [5.74, 6) is 1.57. The van der Waals surface area contributed by atoms with Gasteiger partial charge in [0.15, 0.2) is 5.96 Å². The molecule has 0 radical (unpaired) electrons. The van der Waals surface area contributed by atoms with Crippen LogP contribution in [-0.4, -0.2) is 54.0 Å². The molecule has 2 rings (SSSR count). The molecular weight excluding hydrogens is 366 g/mol. The number of nitrogens with one attached hydrogen (secondary N) is 2. The zero-order valence-electron chi connectivity index (χ0n) is 18.2. The van der Waals surface area contributed by atoms with Gasteiger partial charge in [0.25, 0.3) is 0 Å². The Morgan fingerprint density at radius 2 is 1.93 bits per heavy atom. The first-order valence-electron chi connectivity index (χ1n) is 11.1. The first kappa shape index (κ1) is 23.0. The smallest absolute Gasteiger partial charge is 0.224 e. The molecule has 7 heteroatoms. The molecule has 1 amide bonds. The fourth-order valence-corrected chi connectivity index (χ4v) is 3.46. The summed E-state index contributed by atoms with van der Waals surface area (Å²) in [4.78, 5) is 23.0. The van der Waals surface area contributed by atoms with E-state index in [2.05, 4.69) is 20.6 Å². The number of ether oxygens (including phenoxy) is 1. The van der Waals surface area contributed by atoms with Crippen molar-refractivity contribution >= 4 is 11.9 Å². The van der Waals surface area contributed by atoms with Crippen molar-refractivity contribution in [3.8, 4) is 5.88 Å². The summed E-state index contributed by atoms with van der Waals surface area (Å²) in [5.41, 5.74) is 1.03. The maximum absolute atomic E-state index is 12.1. The third-order valence-corrected chi connectivity index (χ3v) is 5.15.